The summed E-state index contributed by atoms with van der Waals surface area (Å²) in [5, 5.41) is 3.28. The first-order valence-corrected chi connectivity index (χ1v) is 7.24. The van der Waals surface area contributed by atoms with Crippen LogP contribution in [-0.4, -0.2) is 11.2 Å². The highest BCUT2D eigenvalue weighted by Crippen LogP contribution is 2.22. The number of aryl methyl sites for hydroxylation is 1. The molecule has 0 fully saturated rings. The molecule has 1 N–H and O–H groups in total. The summed E-state index contributed by atoms with van der Waals surface area (Å²) in [6.45, 7) is 2.05. The van der Waals surface area contributed by atoms with Crippen LogP contribution in [0.5, 0.6) is 0 Å². The van der Waals surface area contributed by atoms with Crippen LogP contribution in [0.3, 0.4) is 0 Å². The van der Waals surface area contributed by atoms with Gasteiger partial charge in [-0.25, -0.2) is 4.98 Å². The molecule has 0 unspecified atom stereocenters. The molecule has 0 aliphatic carbocycles. The number of anilines is 2. The monoisotopic (exact) mass is 308 g/mol. The summed E-state index contributed by atoms with van der Waals surface area (Å²) >= 11 is 5.18. The van der Waals surface area contributed by atoms with Crippen molar-refractivity contribution >= 4 is 39.2 Å². The fourth-order valence-electron chi connectivity index (χ4n) is 1.43. The average molecular weight is 309 g/mol. The topological polar surface area (TPSA) is 24.9 Å². The van der Waals surface area contributed by atoms with E-state index in [4.69, 9.17) is 0 Å². The van der Waals surface area contributed by atoms with Crippen LogP contribution in [0, 0.1) is 6.92 Å². The Kier molecular flexibility index (Phi) is 4.07. The van der Waals surface area contributed by atoms with Crippen molar-refractivity contribution in [2.75, 3.05) is 11.6 Å². The number of hydrogen-bond acceptors (Lipinski definition) is 3. The molecule has 1 heterocycles. The largest absolute Gasteiger partial charge is 0.340 e. The van der Waals surface area contributed by atoms with Gasteiger partial charge in [0.25, 0.3) is 0 Å². The van der Waals surface area contributed by atoms with Gasteiger partial charge in [0.1, 0.15) is 5.82 Å². The number of pyridine rings is 1. The standard InChI is InChI=1S/C13H13BrN2S/c1-9-7-13(15-8-12(9)14)16-10-3-5-11(17-2)6-4-10/h3-8H,1-2H3,(H,15,16). The van der Waals surface area contributed by atoms with Crippen LogP contribution < -0.4 is 5.32 Å². The van der Waals surface area contributed by atoms with Crippen LogP contribution in [0.15, 0.2) is 45.9 Å². The lowest BCUT2D eigenvalue weighted by molar-refractivity contribution is 1.25. The second kappa shape index (κ2) is 5.56. The van der Waals surface area contributed by atoms with Gasteiger partial charge in [0.15, 0.2) is 0 Å². The Labute approximate surface area is 114 Å². The Hall–Kier alpha value is -1.00. The number of benzene rings is 1. The number of halogens is 1. The number of thioether (sulfide) groups is 1. The van der Waals surface area contributed by atoms with Gasteiger partial charge in [0.05, 0.1) is 0 Å². The molecule has 2 aromatic rings. The zero-order chi connectivity index (χ0) is 12.3. The van der Waals surface area contributed by atoms with Gasteiger partial charge in [-0.2, -0.15) is 0 Å². The Morgan fingerprint density at radius 3 is 2.53 bits per heavy atom. The van der Waals surface area contributed by atoms with Gasteiger partial charge in [-0.15, -0.1) is 11.8 Å². The lowest BCUT2D eigenvalue weighted by atomic mass is 10.3. The maximum Gasteiger partial charge on any atom is 0.130 e. The van der Waals surface area contributed by atoms with Crippen molar-refractivity contribution in [3.8, 4) is 0 Å². The molecule has 2 nitrogen and oxygen atoms in total. The number of rotatable bonds is 3. The zero-order valence-corrected chi connectivity index (χ0v) is 12.1. The van der Waals surface area contributed by atoms with Crippen molar-refractivity contribution in [3.05, 3.63) is 46.6 Å². The lowest BCUT2D eigenvalue weighted by Gasteiger charge is -2.07. The third kappa shape index (κ3) is 3.23. The van der Waals surface area contributed by atoms with Gasteiger partial charge in [-0.1, -0.05) is 0 Å². The molecular formula is C13H13BrN2S. The van der Waals surface area contributed by atoms with Gasteiger partial charge >= 0.3 is 0 Å². The molecule has 0 spiro atoms. The quantitative estimate of drug-likeness (QED) is 0.838. The van der Waals surface area contributed by atoms with E-state index in [9.17, 15) is 0 Å². The first-order valence-electron chi connectivity index (χ1n) is 5.22. The summed E-state index contributed by atoms with van der Waals surface area (Å²) in [4.78, 5) is 5.57. The summed E-state index contributed by atoms with van der Waals surface area (Å²) in [5.74, 6) is 0.864. The minimum absolute atomic E-state index is 0.864. The third-order valence-electron chi connectivity index (χ3n) is 2.41. The van der Waals surface area contributed by atoms with E-state index in [1.165, 1.54) is 10.5 Å². The molecule has 1 aromatic heterocycles. The Morgan fingerprint density at radius 2 is 1.94 bits per heavy atom. The molecule has 0 aliphatic heterocycles. The summed E-state index contributed by atoms with van der Waals surface area (Å²) in [6, 6.07) is 10.3. The molecule has 2 rings (SSSR count). The highest BCUT2D eigenvalue weighted by molar-refractivity contribution is 9.10. The molecule has 0 bridgehead atoms. The van der Waals surface area contributed by atoms with E-state index in [1.54, 1.807) is 11.8 Å². The smallest absolute Gasteiger partial charge is 0.130 e. The van der Waals surface area contributed by atoms with Crippen molar-refractivity contribution in [2.45, 2.75) is 11.8 Å². The van der Waals surface area contributed by atoms with E-state index in [0.29, 0.717) is 0 Å². The summed E-state index contributed by atoms with van der Waals surface area (Å²) in [7, 11) is 0. The zero-order valence-electron chi connectivity index (χ0n) is 9.70. The molecule has 0 amide bonds. The summed E-state index contributed by atoms with van der Waals surface area (Å²) in [6.07, 6.45) is 3.88. The molecule has 1 aromatic carbocycles. The summed E-state index contributed by atoms with van der Waals surface area (Å²) in [5.41, 5.74) is 2.22. The van der Waals surface area contributed by atoms with E-state index < -0.39 is 0 Å². The van der Waals surface area contributed by atoms with E-state index in [1.807, 2.05) is 19.2 Å². The Bertz CT molecular complexity index is 511. The molecular weight excluding hydrogens is 296 g/mol. The molecule has 17 heavy (non-hydrogen) atoms. The van der Waals surface area contributed by atoms with Crippen LogP contribution >= 0.6 is 27.7 Å². The molecule has 0 atom stereocenters. The van der Waals surface area contributed by atoms with Gasteiger partial charge in [0.2, 0.25) is 0 Å². The second-order valence-electron chi connectivity index (χ2n) is 3.67. The van der Waals surface area contributed by atoms with E-state index in [2.05, 4.69) is 56.8 Å². The molecule has 0 saturated carbocycles. The van der Waals surface area contributed by atoms with Crippen LogP contribution in [0.2, 0.25) is 0 Å². The van der Waals surface area contributed by atoms with Crippen LogP contribution in [0.1, 0.15) is 5.56 Å². The van der Waals surface area contributed by atoms with Crippen molar-refractivity contribution in [2.24, 2.45) is 0 Å². The van der Waals surface area contributed by atoms with Crippen LogP contribution in [0.25, 0.3) is 0 Å². The van der Waals surface area contributed by atoms with Gasteiger partial charge in [0, 0.05) is 21.3 Å². The predicted octanol–water partition coefficient (Wildman–Crippen LogP) is 4.62. The third-order valence-corrected chi connectivity index (χ3v) is 3.98. The molecule has 0 radical (unpaired) electrons. The number of nitrogens with zero attached hydrogens (tertiary/aromatic N) is 1. The van der Waals surface area contributed by atoms with Gasteiger partial charge < -0.3 is 5.32 Å². The van der Waals surface area contributed by atoms with E-state index >= 15 is 0 Å². The number of hydrogen-bond donors (Lipinski definition) is 1. The highest BCUT2D eigenvalue weighted by atomic mass is 79.9. The Balaban J connectivity index is 2.16. The molecule has 88 valence electrons. The first-order chi connectivity index (χ1) is 8.19. The maximum absolute atomic E-state index is 4.31. The second-order valence-corrected chi connectivity index (χ2v) is 5.41. The van der Waals surface area contributed by atoms with Crippen molar-refractivity contribution in [3.63, 3.8) is 0 Å². The highest BCUT2D eigenvalue weighted by Gasteiger charge is 1.99. The summed E-state index contributed by atoms with van der Waals surface area (Å²) < 4.78 is 1.03. The van der Waals surface area contributed by atoms with Crippen molar-refractivity contribution in [1.82, 2.24) is 4.98 Å². The van der Waals surface area contributed by atoms with Gasteiger partial charge in [-0.3, -0.25) is 0 Å². The van der Waals surface area contributed by atoms with Crippen LogP contribution in [-0.2, 0) is 0 Å². The lowest BCUT2D eigenvalue weighted by Crippen LogP contribution is -1.94. The number of nitrogens with one attached hydrogen (secondary N) is 1. The van der Waals surface area contributed by atoms with Crippen molar-refractivity contribution < 1.29 is 0 Å². The maximum atomic E-state index is 4.31. The normalized spacial score (nSPS) is 10.3. The SMILES string of the molecule is CSc1ccc(Nc2cc(C)c(Br)cn2)cc1. The van der Waals surface area contributed by atoms with Crippen LogP contribution in [0.4, 0.5) is 11.5 Å². The van der Waals surface area contributed by atoms with E-state index in [0.717, 1.165) is 16.0 Å². The minimum Gasteiger partial charge on any atom is -0.340 e. The molecule has 0 aliphatic rings. The van der Waals surface area contributed by atoms with Crippen molar-refractivity contribution in [1.29, 1.82) is 0 Å². The average Bonchev–Trinajstić information content (AvgIpc) is 2.35. The molecule has 4 heteroatoms. The number of aromatic nitrogens is 1. The predicted molar refractivity (Wildman–Crippen MR) is 78.2 cm³/mol. The molecule has 0 saturated heterocycles. The first kappa shape index (κ1) is 12.5. The van der Waals surface area contributed by atoms with E-state index in [-0.39, 0.29) is 0 Å². The Morgan fingerprint density at radius 1 is 1.24 bits per heavy atom. The van der Waals surface area contributed by atoms with Gasteiger partial charge in [-0.05, 0) is 65.0 Å². The fourth-order valence-corrected chi connectivity index (χ4v) is 2.05. The fraction of sp³-hybridized carbons (Fsp3) is 0.154. The minimum atomic E-state index is 0.864.